The number of sulfonamides is 1. The van der Waals surface area contributed by atoms with E-state index < -0.39 is 15.3 Å². The Balaban J connectivity index is 1.66. The van der Waals surface area contributed by atoms with Gasteiger partial charge in [-0.25, -0.2) is 13.4 Å². The molecule has 0 saturated heterocycles. The molecule has 2 aromatic heterocycles. The number of hydrogen-bond acceptors (Lipinski definition) is 8. The van der Waals surface area contributed by atoms with Gasteiger partial charge in [0.1, 0.15) is 11.1 Å². The van der Waals surface area contributed by atoms with Crippen LogP contribution in [0.3, 0.4) is 0 Å². The van der Waals surface area contributed by atoms with Gasteiger partial charge in [0.25, 0.3) is 10.0 Å². The number of aryl methyl sites for hydroxylation is 1. The Morgan fingerprint density at radius 3 is 2.50 bits per heavy atom. The second kappa shape index (κ2) is 11.3. The lowest BCUT2D eigenvalue weighted by Gasteiger charge is -2.13. The van der Waals surface area contributed by atoms with Gasteiger partial charge in [-0.05, 0) is 61.9 Å². The summed E-state index contributed by atoms with van der Waals surface area (Å²) in [6, 6.07) is 14.1. The molecule has 3 aromatic rings. The summed E-state index contributed by atoms with van der Waals surface area (Å²) >= 11 is 6.85. The van der Waals surface area contributed by atoms with Gasteiger partial charge in [0.2, 0.25) is 5.91 Å². The van der Waals surface area contributed by atoms with Crippen LogP contribution in [0.4, 0.5) is 11.5 Å². The number of rotatable bonds is 9. The lowest BCUT2D eigenvalue weighted by molar-refractivity contribution is -0.115. The van der Waals surface area contributed by atoms with Crippen molar-refractivity contribution in [3.8, 4) is 6.07 Å². The van der Waals surface area contributed by atoms with Gasteiger partial charge in [-0.3, -0.25) is 9.52 Å². The third-order valence-corrected chi connectivity index (χ3v) is 7.18. The average Bonchev–Trinajstić information content (AvgIpc) is 2.81. The molecule has 0 aliphatic rings. The summed E-state index contributed by atoms with van der Waals surface area (Å²) < 4.78 is 27.4. The lowest BCUT2D eigenvalue weighted by atomic mass is 10.2. The maximum atomic E-state index is 12.7. The van der Waals surface area contributed by atoms with Crippen LogP contribution in [0.25, 0.3) is 0 Å². The Morgan fingerprint density at radius 1 is 1.15 bits per heavy atom. The van der Waals surface area contributed by atoms with E-state index in [1.807, 2.05) is 13.0 Å². The molecule has 0 aliphatic carbocycles. The van der Waals surface area contributed by atoms with Crippen molar-refractivity contribution in [2.75, 3.05) is 10.0 Å². The molecule has 176 valence electrons. The molecule has 1 atom stereocenters. The van der Waals surface area contributed by atoms with Crippen LogP contribution in [0.15, 0.2) is 58.5 Å². The number of hydrogen-bond donors (Lipinski definition) is 2. The van der Waals surface area contributed by atoms with Gasteiger partial charge in [0, 0.05) is 11.4 Å². The largest absolute Gasteiger partial charge is 0.325 e. The molecule has 34 heavy (non-hydrogen) atoms. The number of pyridine rings is 1. The average molecular weight is 517 g/mol. The SMILES string of the molecule is CCCc1ccc(C#N)c(SC(C)C(=O)Nc2ccc(S(=O)(=O)Nc3ccc(Cl)nn3)cc2)n1. The van der Waals surface area contributed by atoms with Crippen molar-refractivity contribution in [1.29, 1.82) is 5.26 Å². The van der Waals surface area contributed by atoms with Crippen LogP contribution in [-0.2, 0) is 21.2 Å². The minimum Gasteiger partial charge on any atom is -0.325 e. The molecular formula is C22H21ClN6O3S2. The minimum absolute atomic E-state index is 0.0136. The molecule has 1 aromatic carbocycles. The highest BCUT2D eigenvalue weighted by Crippen LogP contribution is 2.26. The predicted octanol–water partition coefficient (Wildman–Crippen LogP) is 4.27. The molecular weight excluding hydrogens is 496 g/mol. The smallest absolute Gasteiger partial charge is 0.263 e. The molecule has 0 fully saturated rings. The highest BCUT2D eigenvalue weighted by atomic mass is 35.5. The number of nitrogens with zero attached hydrogens (tertiary/aromatic N) is 4. The van der Waals surface area contributed by atoms with Crippen LogP contribution in [0.1, 0.15) is 31.5 Å². The molecule has 0 aliphatic heterocycles. The van der Waals surface area contributed by atoms with E-state index in [0.29, 0.717) is 16.3 Å². The van der Waals surface area contributed by atoms with Gasteiger partial charge >= 0.3 is 0 Å². The van der Waals surface area contributed by atoms with Crippen molar-refractivity contribution in [2.24, 2.45) is 0 Å². The standard InChI is InChI=1S/C22H21ClN6O3S2/c1-3-4-16-6-5-15(13-24)22(26-16)33-14(2)21(30)25-17-7-9-18(10-8-17)34(31,32)29-20-12-11-19(23)27-28-20/h5-12,14H,3-4H2,1-2H3,(H,25,30)(H,28,29). The number of anilines is 2. The van der Waals surface area contributed by atoms with Crippen molar-refractivity contribution in [3.63, 3.8) is 0 Å². The van der Waals surface area contributed by atoms with Gasteiger partial charge in [-0.1, -0.05) is 36.7 Å². The first-order chi connectivity index (χ1) is 16.2. The fourth-order valence-corrected chi connectivity index (χ4v) is 4.81. The van der Waals surface area contributed by atoms with Gasteiger partial charge in [-0.2, -0.15) is 5.26 Å². The van der Waals surface area contributed by atoms with E-state index in [-0.39, 0.29) is 21.8 Å². The first-order valence-corrected chi connectivity index (χ1v) is 13.0. The van der Waals surface area contributed by atoms with Gasteiger partial charge in [0.15, 0.2) is 11.0 Å². The molecule has 1 unspecified atom stereocenters. The molecule has 2 N–H and O–H groups in total. The predicted molar refractivity (Wildman–Crippen MR) is 131 cm³/mol. The Bertz CT molecular complexity index is 1310. The minimum atomic E-state index is -3.90. The van der Waals surface area contributed by atoms with E-state index in [4.69, 9.17) is 11.6 Å². The highest BCUT2D eigenvalue weighted by molar-refractivity contribution is 8.00. The van der Waals surface area contributed by atoms with Crippen LogP contribution in [0.2, 0.25) is 5.15 Å². The van der Waals surface area contributed by atoms with Crippen molar-refractivity contribution in [2.45, 2.75) is 41.9 Å². The molecule has 9 nitrogen and oxygen atoms in total. The summed E-state index contributed by atoms with van der Waals surface area (Å²) in [6.07, 6.45) is 1.71. The number of carbonyl (C=O) groups is 1. The summed E-state index contributed by atoms with van der Waals surface area (Å²) in [5, 5.41) is 19.5. The van der Waals surface area contributed by atoms with Crippen molar-refractivity contribution in [3.05, 3.63) is 64.9 Å². The molecule has 0 spiro atoms. The molecule has 12 heteroatoms. The summed E-state index contributed by atoms with van der Waals surface area (Å²) in [5.74, 6) is -0.275. The Kier molecular flexibility index (Phi) is 8.44. The molecule has 2 heterocycles. The number of benzene rings is 1. The summed E-state index contributed by atoms with van der Waals surface area (Å²) in [7, 11) is -3.90. The second-order valence-corrected chi connectivity index (χ2v) is 10.5. The van der Waals surface area contributed by atoms with Crippen LogP contribution in [0, 0.1) is 11.3 Å². The number of nitrogens with one attached hydrogen (secondary N) is 2. The number of thioether (sulfide) groups is 1. The van der Waals surface area contributed by atoms with Crippen LogP contribution < -0.4 is 10.0 Å². The summed E-state index contributed by atoms with van der Waals surface area (Å²) in [4.78, 5) is 17.2. The normalized spacial score (nSPS) is 11.9. The Labute approximate surface area is 207 Å². The zero-order valence-corrected chi connectivity index (χ0v) is 20.7. The number of carbonyl (C=O) groups excluding carboxylic acids is 1. The fraction of sp³-hybridized carbons (Fsp3) is 0.227. The van der Waals surface area contributed by atoms with E-state index in [2.05, 4.69) is 31.3 Å². The quantitative estimate of drug-likeness (QED) is 0.402. The maximum absolute atomic E-state index is 12.7. The van der Waals surface area contributed by atoms with E-state index >= 15 is 0 Å². The molecule has 0 saturated carbocycles. The second-order valence-electron chi connectivity index (χ2n) is 7.14. The first-order valence-electron chi connectivity index (χ1n) is 10.2. The third-order valence-electron chi connectivity index (χ3n) is 4.51. The highest BCUT2D eigenvalue weighted by Gasteiger charge is 2.19. The number of nitriles is 1. The van der Waals surface area contributed by atoms with Crippen molar-refractivity contribution in [1.82, 2.24) is 15.2 Å². The number of amides is 1. The van der Waals surface area contributed by atoms with Crippen molar-refractivity contribution < 1.29 is 13.2 Å². The first kappa shape index (κ1) is 25.4. The number of halogens is 1. The summed E-state index contributed by atoms with van der Waals surface area (Å²) in [5.41, 5.74) is 1.71. The van der Waals surface area contributed by atoms with Gasteiger partial charge in [-0.15, -0.1) is 10.2 Å². The van der Waals surface area contributed by atoms with Crippen LogP contribution in [-0.4, -0.2) is 34.8 Å². The maximum Gasteiger partial charge on any atom is 0.263 e. The van der Waals surface area contributed by atoms with Gasteiger partial charge in [0.05, 0.1) is 15.7 Å². The van der Waals surface area contributed by atoms with E-state index in [1.54, 1.807) is 13.0 Å². The topological polar surface area (TPSA) is 138 Å². The Hall–Kier alpha value is -3.20. The fourth-order valence-electron chi connectivity index (χ4n) is 2.80. The molecule has 0 bridgehead atoms. The van der Waals surface area contributed by atoms with E-state index in [1.165, 1.54) is 48.2 Å². The molecule has 1 amide bonds. The third kappa shape index (κ3) is 6.66. The zero-order chi connectivity index (χ0) is 24.7. The summed E-state index contributed by atoms with van der Waals surface area (Å²) in [6.45, 7) is 3.76. The lowest BCUT2D eigenvalue weighted by Crippen LogP contribution is -2.22. The van der Waals surface area contributed by atoms with Crippen LogP contribution >= 0.6 is 23.4 Å². The van der Waals surface area contributed by atoms with Gasteiger partial charge < -0.3 is 5.32 Å². The molecule has 3 rings (SSSR count). The number of aromatic nitrogens is 3. The monoisotopic (exact) mass is 516 g/mol. The van der Waals surface area contributed by atoms with E-state index in [0.717, 1.165) is 18.5 Å². The zero-order valence-electron chi connectivity index (χ0n) is 18.3. The molecule has 0 radical (unpaired) electrons. The van der Waals surface area contributed by atoms with E-state index in [9.17, 15) is 18.5 Å². The van der Waals surface area contributed by atoms with Crippen molar-refractivity contribution >= 4 is 50.8 Å². The van der Waals surface area contributed by atoms with Crippen LogP contribution in [0.5, 0.6) is 0 Å². The Morgan fingerprint density at radius 2 is 1.88 bits per heavy atom.